The van der Waals surface area contributed by atoms with Gasteiger partial charge in [-0.2, -0.15) is 0 Å². The fraction of sp³-hybridized carbons (Fsp3) is 0.250. The summed E-state index contributed by atoms with van der Waals surface area (Å²) in [4.78, 5) is 35.6. The molecule has 1 aromatic carbocycles. The summed E-state index contributed by atoms with van der Waals surface area (Å²) in [6, 6.07) is 13.0. The van der Waals surface area contributed by atoms with Gasteiger partial charge in [0.1, 0.15) is 5.75 Å². The van der Waals surface area contributed by atoms with Crippen LogP contribution in [0.2, 0.25) is 0 Å². The molecule has 2 amide bonds. The topological polar surface area (TPSA) is 96.5 Å². The van der Waals surface area contributed by atoms with Crippen LogP contribution in [0.25, 0.3) is 0 Å². The number of methoxy groups -OCH3 is 1. The minimum absolute atomic E-state index is 0.0853. The van der Waals surface area contributed by atoms with Gasteiger partial charge in [-0.15, -0.1) is 0 Å². The van der Waals surface area contributed by atoms with Crippen LogP contribution in [0.3, 0.4) is 0 Å². The van der Waals surface area contributed by atoms with Gasteiger partial charge in [0.05, 0.1) is 31.5 Å². The second-order valence-corrected chi connectivity index (χ2v) is 7.71. The Morgan fingerprint density at radius 1 is 1.22 bits per heavy atom. The van der Waals surface area contributed by atoms with Crippen molar-refractivity contribution in [1.82, 2.24) is 15.3 Å². The van der Waals surface area contributed by atoms with E-state index < -0.39 is 0 Å². The largest absolute Gasteiger partial charge is 0.497 e. The Morgan fingerprint density at radius 2 is 2.03 bits per heavy atom. The molecule has 2 aromatic heterocycles. The number of rotatable bonds is 7. The van der Waals surface area contributed by atoms with Crippen molar-refractivity contribution in [1.29, 1.82) is 0 Å². The van der Waals surface area contributed by atoms with E-state index in [0.717, 1.165) is 16.9 Å². The lowest BCUT2D eigenvalue weighted by molar-refractivity contribution is -0.117. The lowest BCUT2D eigenvalue weighted by Crippen LogP contribution is -2.40. The first kappa shape index (κ1) is 21.3. The minimum Gasteiger partial charge on any atom is -0.497 e. The first-order chi connectivity index (χ1) is 15.5. The molecular weight excluding hydrogens is 406 g/mol. The number of pyridine rings is 2. The summed E-state index contributed by atoms with van der Waals surface area (Å²) >= 11 is 0. The maximum Gasteiger partial charge on any atom is 0.253 e. The SMILES string of the molecule is COc1ccc(CN2C(=O)CNc3ncc(C(=O)NC(C)Cc4cccnc4)cc32)cc1. The predicted molar refractivity (Wildman–Crippen MR) is 122 cm³/mol. The molecule has 8 heteroatoms. The molecular formula is C24H25N5O3. The van der Waals surface area contributed by atoms with Gasteiger partial charge in [-0.1, -0.05) is 18.2 Å². The lowest BCUT2D eigenvalue weighted by Gasteiger charge is -2.30. The molecule has 3 aromatic rings. The van der Waals surface area contributed by atoms with Crippen molar-refractivity contribution in [3.05, 3.63) is 77.7 Å². The van der Waals surface area contributed by atoms with Gasteiger partial charge in [0.15, 0.2) is 5.82 Å². The number of nitrogens with one attached hydrogen (secondary N) is 2. The fourth-order valence-corrected chi connectivity index (χ4v) is 3.63. The van der Waals surface area contributed by atoms with Crippen LogP contribution in [0.15, 0.2) is 61.1 Å². The summed E-state index contributed by atoms with van der Waals surface area (Å²) in [6.07, 6.45) is 5.71. The maximum absolute atomic E-state index is 12.8. The number of carbonyl (C=O) groups is 2. The van der Waals surface area contributed by atoms with Gasteiger partial charge in [-0.05, 0) is 48.7 Å². The standard InChI is InChI=1S/C24H25N5O3/c1-16(10-18-4-3-9-25-12-18)28-24(31)19-11-21-23(26-13-19)27-14-22(30)29(21)15-17-5-7-20(32-2)8-6-17/h3-9,11-13,16H,10,14-15H2,1-2H3,(H,26,27)(H,28,31). The molecule has 0 spiro atoms. The van der Waals surface area contributed by atoms with Crippen LogP contribution >= 0.6 is 0 Å². The van der Waals surface area contributed by atoms with Gasteiger partial charge in [-0.3, -0.25) is 14.6 Å². The Balaban J connectivity index is 1.51. The third-order valence-electron chi connectivity index (χ3n) is 5.27. The molecule has 4 rings (SSSR count). The number of fused-ring (bicyclic) bond motifs is 1. The van der Waals surface area contributed by atoms with Crippen LogP contribution in [0.4, 0.5) is 11.5 Å². The second kappa shape index (κ2) is 9.47. The summed E-state index contributed by atoms with van der Waals surface area (Å²) in [6.45, 7) is 2.48. The van der Waals surface area contributed by atoms with E-state index in [1.807, 2.05) is 43.3 Å². The molecule has 0 saturated heterocycles. The average molecular weight is 431 g/mol. The molecule has 1 atom stereocenters. The molecule has 32 heavy (non-hydrogen) atoms. The van der Waals surface area contributed by atoms with Crippen LogP contribution in [0, 0.1) is 0 Å². The van der Waals surface area contributed by atoms with Crippen molar-refractivity contribution < 1.29 is 14.3 Å². The number of nitrogens with zero attached hydrogens (tertiary/aromatic N) is 3. The van der Waals surface area contributed by atoms with Gasteiger partial charge in [0.2, 0.25) is 5.91 Å². The quantitative estimate of drug-likeness (QED) is 0.597. The number of anilines is 2. The number of hydrogen-bond donors (Lipinski definition) is 2. The van der Waals surface area contributed by atoms with Crippen LogP contribution in [-0.2, 0) is 17.8 Å². The highest BCUT2D eigenvalue weighted by atomic mass is 16.5. The highest BCUT2D eigenvalue weighted by Gasteiger charge is 2.26. The molecule has 0 aliphatic carbocycles. The van der Waals surface area contributed by atoms with Crippen molar-refractivity contribution in [2.45, 2.75) is 25.9 Å². The van der Waals surface area contributed by atoms with Gasteiger partial charge >= 0.3 is 0 Å². The van der Waals surface area contributed by atoms with E-state index in [0.29, 0.717) is 30.0 Å². The summed E-state index contributed by atoms with van der Waals surface area (Å²) in [7, 11) is 1.61. The molecule has 0 radical (unpaired) electrons. The monoisotopic (exact) mass is 431 g/mol. The molecule has 0 bridgehead atoms. The zero-order valence-corrected chi connectivity index (χ0v) is 18.0. The molecule has 0 saturated carbocycles. The van der Waals surface area contributed by atoms with Gasteiger partial charge in [0, 0.05) is 24.6 Å². The normalized spacial score (nSPS) is 13.7. The molecule has 2 N–H and O–H groups in total. The van der Waals surface area contributed by atoms with Crippen molar-refractivity contribution in [2.75, 3.05) is 23.9 Å². The van der Waals surface area contributed by atoms with E-state index in [1.54, 1.807) is 30.5 Å². The Labute approximate surface area is 186 Å². The highest BCUT2D eigenvalue weighted by Crippen LogP contribution is 2.30. The molecule has 1 aliphatic rings. The van der Waals surface area contributed by atoms with E-state index >= 15 is 0 Å². The number of benzene rings is 1. The molecule has 164 valence electrons. The van der Waals surface area contributed by atoms with Crippen LogP contribution in [-0.4, -0.2) is 41.5 Å². The smallest absolute Gasteiger partial charge is 0.253 e. The minimum atomic E-state index is -0.237. The summed E-state index contributed by atoms with van der Waals surface area (Å²) in [5.41, 5.74) is 2.99. The Kier molecular flexibility index (Phi) is 6.30. The van der Waals surface area contributed by atoms with Crippen molar-refractivity contribution in [2.24, 2.45) is 0 Å². The first-order valence-electron chi connectivity index (χ1n) is 10.4. The molecule has 1 unspecified atom stereocenters. The number of amides is 2. The van der Waals surface area contributed by atoms with Gasteiger partial charge in [0.25, 0.3) is 5.91 Å². The van der Waals surface area contributed by atoms with E-state index in [1.165, 1.54) is 6.20 Å². The summed E-state index contributed by atoms with van der Waals surface area (Å²) in [5, 5.41) is 6.02. The van der Waals surface area contributed by atoms with E-state index in [9.17, 15) is 9.59 Å². The van der Waals surface area contributed by atoms with Gasteiger partial charge < -0.3 is 20.3 Å². The van der Waals surface area contributed by atoms with Crippen LogP contribution < -0.4 is 20.3 Å². The molecule has 1 aliphatic heterocycles. The lowest BCUT2D eigenvalue weighted by atomic mass is 10.1. The Bertz CT molecular complexity index is 1100. The Hall–Kier alpha value is -3.94. The fourth-order valence-electron chi connectivity index (χ4n) is 3.63. The number of ether oxygens (including phenoxy) is 1. The van der Waals surface area contributed by atoms with E-state index in [2.05, 4.69) is 20.6 Å². The number of aromatic nitrogens is 2. The molecule has 0 fully saturated rings. The van der Waals surface area contributed by atoms with Crippen molar-refractivity contribution in [3.63, 3.8) is 0 Å². The molecule has 3 heterocycles. The maximum atomic E-state index is 12.8. The predicted octanol–water partition coefficient (Wildman–Crippen LogP) is 2.80. The average Bonchev–Trinajstić information content (AvgIpc) is 2.81. The zero-order chi connectivity index (χ0) is 22.5. The Morgan fingerprint density at radius 3 is 2.75 bits per heavy atom. The summed E-state index contributed by atoms with van der Waals surface area (Å²) in [5.74, 6) is 1.01. The third kappa shape index (κ3) is 4.85. The number of hydrogen-bond acceptors (Lipinski definition) is 6. The molecule has 8 nitrogen and oxygen atoms in total. The van der Waals surface area contributed by atoms with Crippen molar-refractivity contribution >= 4 is 23.3 Å². The zero-order valence-electron chi connectivity index (χ0n) is 18.0. The number of carbonyl (C=O) groups excluding carboxylic acids is 2. The van der Waals surface area contributed by atoms with E-state index in [4.69, 9.17) is 4.74 Å². The van der Waals surface area contributed by atoms with Gasteiger partial charge in [-0.25, -0.2) is 4.98 Å². The second-order valence-electron chi connectivity index (χ2n) is 7.71. The first-order valence-corrected chi connectivity index (χ1v) is 10.4. The van der Waals surface area contributed by atoms with Crippen LogP contribution in [0.5, 0.6) is 5.75 Å². The highest BCUT2D eigenvalue weighted by molar-refractivity contribution is 6.04. The third-order valence-corrected chi connectivity index (χ3v) is 5.27. The summed E-state index contributed by atoms with van der Waals surface area (Å²) < 4.78 is 5.20. The van der Waals surface area contributed by atoms with E-state index in [-0.39, 0.29) is 24.4 Å². The van der Waals surface area contributed by atoms with Crippen molar-refractivity contribution in [3.8, 4) is 5.75 Å². The van der Waals surface area contributed by atoms with Crippen LogP contribution in [0.1, 0.15) is 28.4 Å².